The first-order valence-corrected chi connectivity index (χ1v) is 6.67. The first-order valence-electron chi connectivity index (χ1n) is 6.67. The summed E-state index contributed by atoms with van der Waals surface area (Å²) in [7, 11) is 0. The van der Waals surface area contributed by atoms with E-state index in [0.717, 1.165) is 0 Å². The molecule has 0 aromatic carbocycles. The number of aldehydes is 2. The summed E-state index contributed by atoms with van der Waals surface area (Å²) < 4.78 is 0. The van der Waals surface area contributed by atoms with Crippen LogP contribution < -0.4 is 27.8 Å². The van der Waals surface area contributed by atoms with Crippen LogP contribution in [0.1, 0.15) is 19.3 Å². The molecule has 0 saturated carbocycles. The predicted molar refractivity (Wildman–Crippen MR) is 79.6 cm³/mol. The normalized spacial score (nSPS) is 12.6. The molecule has 10 heteroatoms. The number of rotatable bonds is 11. The maximum absolute atomic E-state index is 11.6. The molecule has 0 aliphatic rings. The fourth-order valence-electron chi connectivity index (χ4n) is 1.46. The fourth-order valence-corrected chi connectivity index (χ4v) is 1.46. The number of nitrogens with one attached hydrogen (secondary N) is 2. The second-order valence-electron chi connectivity index (χ2n) is 4.49. The molecular formula is C12H22N6O4. The fraction of sp³-hybridized carbons (Fsp3) is 0.583. The smallest absolute Gasteiger partial charge is 0.239 e. The lowest BCUT2D eigenvalue weighted by Crippen LogP contribution is -2.47. The Hall–Kier alpha value is -2.49. The Morgan fingerprint density at radius 3 is 2.45 bits per heavy atom. The van der Waals surface area contributed by atoms with Crippen molar-refractivity contribution in [3.63, 3.8) is 0 Å². The molecule has 0 saturated heterocycles. The van der Waals surface area contributed by atoms with E-state index in [1.54, 1.807) is 0 Å². The van der Waals surface area contributed by atoms with Gasteiger partial charge in [0.15, 0.2) is 5.96 Å². The van der Waals surface area contributed by atoms with Crippen LogP contribution in [-0.4, -0.2) is 55.5 Å². The Balaban J connectivity index is 4.00. The average molecular weight is 314 g/mol. The van der Waals surface area contributed by atoms with Gasteiger partial charge in [-0.3, -0.25) is 14.6 Å². The Morgan fingerprint density at radius 1 is 1.23 bits per heavy atom. The lowest BCUT2D eigenvalue weighted by Gasteiger charge is -2.13. The summed E-state index contributed by atoms with van der Waals surface area (Å²) in [6.07, 6.45) is 1.72. The van der Waals surface area contributed by atoms with E-state index in [0.29, 0.717) is 32.0 Å². The molecule has 0 fully saturated rings. The van der Waals surface area contributed by atoms with Crippen molar-refractivity contribution in [1.29, 1.82) is 0 Å². The minimum Gasteiger partial charge on any atom is -0.370 e. The van der Waals surface area contributed by atoms with Crippen LogP contribution >= 0.6 is 0 Å². The van der Waals surface area contributed by atoms with Gasteiger partial charge in [-0.25, -0.2) is 0 Å². The quantitative estimate of drug-likeness (QED) is 0.115. The molecule has 0 spiro atoms. The Kier molecular flexibility index (Phi) is 9.93. The van der Waals surface area contributed by atoms with Crippen molar-refractivity contribution in [3.8, 4) is 0 Å². The van der Waals surface area contributed by atoms with E-state index in [4.69, 9.17) is 17.2 Å². The summed E-state index contributed by atoms with van der Waals surface area (Å²) in [5.74, 6) is -1.12. The van der Waals surface area contributed by atoms with Gasteiger partial charge in [0.2, 0.25) is 11.8 Å². The minimum absolute atomic E-state index is 0.0326. The van der Waals surface area contributed by atoms with Gasteiger partial charge in [-0.15, -0.1) is 0 Å². The Morgan fingerprint density at radius 2 is 1.91 bits per heavy atom. The molecule has 8 N–H and O–H groups in total. The van der Waals surface area contributed by atoms with E-state index in [1.807, 2.05) is 0 Å². The van der Waals surface area contributed by atoms with Crippen molar-refractivity contribution >= 4 is 30.3 Å². The largest absolute Gasteiger partial charge is 0.370 e. The zero-order valence-electron chi connectivity index (χ0n) is 12.2. The zero-order chi connectivity index (χ0) is 17.0. The maximum atomic E-state index is 11.6. The molecule has 2 atom stereocenters. The maximum Gasteiger partial charge on any atom is 0.239 e. The van der Waals surface area contributed by atoms with Gasteiger partial charge in [0, 0.05) is 13.0 Å². The highest BCUT2D eigenvalue weighted by Gasteiger charge is 2.15. The SMILES string of the molecule is NC(N)=NCCCC(N)C(=O)NCC(=O)NC(C=O)CC=O. The lowest BCUT2D eigenvalue weighted by molar-refractivity contribution is -0.128. The van der Waals surface area contributed by atoms with Crippen LogP contribution in [0.2, 0.25) is 0 Å². The predicted octanol–water partition coefficient (Wildman–Crippen LogP) is -3.24. The third kappa shape index (κ3) is 9.42. The molecule has 0 aliphatic heterocycles. The van der Waals surface area contributed by atoms with Gasteiger partial charge in [0.05, 0.1) is 18.6 Å². The molecule has 0 radical (unpaired) electrons. The highest BCUT2D eigenvalue weighted by Crippen LogP contribution is 1.95. The lowest BCUT2D eigenvalue weighted by atomic mass is 10.1. The molecule has 124 valence electrons. The summed E-state index contributed by atoms with van der Waals surface area (Å²) in [6.45, 7) is 0.0279. The number of carbonyl (C=O) groups excluding carboxylic acids is 4. The summed E-state index contributed by atoms with van der Waals surface area (Å²) in [5.41, 5.74) is 15.9. The molecule has 0 heterocycles. The number of aliphatic imine (C=N–C) groups is 1. The Labute approximate surface area is 127 Å². The van der Waals surface area contributed by atoms with Crippen LogP contribution in [0.4, 0.5) is 0 Å². The van der Waals surface area contributed by atoms with Crippen LogP contribution in [0, 0.1) is 0 Å². The van der Waals surface area contributed by atoms with Gasteiger partial charge < -0.3 is 37.4 Å². The van der Waals surface area contributed by atoms with Gasteiger partial charge >= 0.3 is 0 Å². The molecule has 10 nitrogen and oxygen atoms in total. The van der Waals surface area contributed by atoms with Crippen molar-refractivity contribution in [2.75, 3.05) is 13.1 Å². The second-order valence-corrected chi connectivity index (χ2v) is 4.49. The molecule has 2 amide bonds. The van der Waals surface area contributed by atoms with Crippen LogP contribution in [0.5, 0.6) is 0 Å². The van der Waals surface area contributed by atoms with E-state index >= 15 is 0 Å². The van der Waals surface area contributed by atoms with Gasteiger partial charge in [-0.05, 0) is 12.8 Å². The van der Waals surface area contributed by atoms with E-state index in [-0.39, 0.29) is 18.9 Å². The number of amides is 2. The molecular weight excluding hydrogens is 292 g/mol. The molecule has 0 bridgehead atoms. The third-order valence-corrected chi connectivity index (χ3v) is 2.59. The summed E-state index contributed by atoms with van der Waals surface area (Å²) in [5, 5.41) is 4.63. The first kappa shape index (κ1) is 19.5. The van der Waals surface area contributed by atoms with Crippen molar-refractivity contribution < 1.29 is 19.2 Å². The van der Waals surface area contributed by atoms with E-state index < -0.39 is 23.9 Å². The molecule has 0 aromatic heterocycles. The van der Waals surface area contributed by atoms with E-state index in [1.165, 1.54) is 0 Å². The van der Waals surface area contributed by atoms with Gasteiger partial charge in [0.25, 0.3) is 0 Å². The number of nitrogens with zero attached hydrogens (tertiary/aromatic N) is 1. The van der Waals surface area contributed by atoms with Crippen LogP contribution in [0.25, 0.3) is 0 Å². The van der Waals surface area contributed by atoms with Crippen LogP contribution in [0.15, 0.2) is 4.99 Å². The van der Waals surface area contributed by atoms with Crippen molar-refractivity contribution in [1.82, 2.24) is 10.6 Å². The van der Waals surface area contributed by atoms with E-state index in [9.17, 15) is 19.2 Å². The van der Waals surface area contributed by atoms with Crippen molar-refractivity contribution in [2.45, 2.75) is 31.3 Å². The standard InChI is InChI=1S/C12H22N6O4/c13-9(2-1-4-16-12(14)15)11(22)17-6-10(21)18-8(7-20)3-5-19/h5,7-9H,1-4,6,13H2,(H,17,22)(H,18,21)(H4,14,15,16). The number of hydrogen-bond acceptors (Lipinski definition) is 6. The topological polar surface area (TPSA) is 183 Å². The molecule has 22 heavy (non-hydrogen) atoms. The second kappa shape index (κ2) is 11.2. The van der Waals surface area contributed by atoms with Gasteiger partial charge in [-0.1, -0.05) is 0 Å². The average Bonchev–Trinajstić information content (AvgIpc) is 2.48. The Bertz CT molecular complexity index is 422. The van der Waals surface area contributed by atoms with Gasteiger partial charge in [0.1, 0.15) is 12.6 Å². The zero-order valence-corrected chi connectivity index (χ0v) is 12.2. The van der Waals surface area contributed by atoms with Crippen LogP contribution in [0.3, 0.4) is 0 Å². The molecule has 2 unspecified atom stereocenters. The van der Waals surface area contributed by atoms with Crippen LogP contribution in [-0.2, 0) is 19.2 Å². The molecule has 0 aromatic rings. The highest BCUT2D eigenvalue weighted by molar-refractivity contribution is 5.88. The van der Waals surface area contributed by atoms with Crippen molar-refractivity contribution in [3.05, 3.63) is 0 Å². The number of guanidine groups is 1. The summed E-state index contributed by atoms with van der Waals surface area (Å²) in [6, 6.07) is -1.69. The highest BCUT2D eigenvalue weighted by atomic mass is 16.2. The monoisotopic (exact) mass is 314 g/mol. The minimum atomic E-state index is -0.893. The third-order valence-electron chi connectivity index (χ3n) is 2.59. The summed E-state index contributed by atoms with van der Waals surface area (Å²) >= 11 is 0. The summed E-state index contributed by atoms with van der Waals surface area (Å²) in [4.78, 5) is 47.7. The molecule has 0 aliphatic carbocycles. The number of nitrogens with two attached hydrogens (primary N) is 3. The first-order chi connectivity index (χ1) is 10.4. The molecule has 0 rings (SSSR count). The number of hydrogen-bond donors (Lipinski definition) is 5. The van der Waals surface area contributed by atoms with Gasteiger partial charge in [-0.2, -0.15) is 0 Å². The van der Waals surface area contributed by atoms with Crippen molar-refractivity contribution in [2.24, 2.45) is 22.2 Å². The van der Waals surface area contributed by atoms with E-state index in [2.05, 4.69) is 15.6 Å². The number of carbonyl (C=O) groups is 4.